The van der Waals surface area contributed by atoms with E-state index in [0.29, 0.717) is 50.5 Å². The van der Waals surface area contributed by atoms with Crippen molar-refractivity contribution >= 4 is 29.5 Å². The lowest BCUT2D eigenvalue weighted by Gasteiger charge is -2.25. The minimum atomic E-state index is -0.254. The molecule has 1 saturated carbocycles. The molecule has 0 N–H and O–H groups in total. The minimum Gasteiger partial charge on any atom is -0.494 e. The summed E-state index contributed by atoms with van der Waals surface area (Å²) in [6, 6.07) is 7.02. The number of carbonyl (C=O) groups excluding carboxylic acids is 3. The molecule has 0 saturated heterocycles. The van der Waals surface area contributed by atoms with Gasteiger partial charge in [-0.2, -0.15) is 0 Å². The van der Waals surface area contributed by atoms with Crippen LogP contribution in [0.25, 0.3) is 0 Å². The molecule has 32 heavy (non-hydrogen) atoms. The van der Waals surface area contributed by atoms with Crippen LogP contribution in [0.15, 0.2) is 24.3 Å². The first-order chi connectivity index (χ1) is 15.5. The molecule has 2 rings (SSSR count). The predicted octanol–water partition coefficient (Wildman–Crippen LogP) is 4.68. The van der Waals surface area contributed by atoms with Crippen molar-refractivity contribution < 1.29 is 33.3 Å². The van der Waals surface area contributed by atoms with Gasteiger partial charge in [-0.1, -0.05) is 0 Å². The Hall–Kier alpha value is -2.28. The number of methoxy groups -OCH3 is 1. The first-order valence-electron chi connectivity index (χ1n) is 11.3. The quantitative estimate of drug-likeness (QED) is 0.180. The van der Waals surface area contributed by atoms with Gasteiger partial charge in [0.2, 0.25) is 0 Å². The molecule has 0 aromatic heterocycles. The highest BCUT2D eigenvalue weighted by molar-refractivity contribution is 6.18. The van der Waals surface area contributed by atoms with Crippen LogP contribution >= 0.6 is 11.6 Å². The summed E-state index contributed by atoms with van der Waals surface area (Å²) < 4.78 is 21.0. The third-order valence-electron chi connectivity index (χ3n) is 5.51. The van der Waals surface area contributed by atoms with E-state index in [4.69, 9.17) is 30.5 Å². The van der Waals surface area contributed by atoms with Gasteiger partial charge in [-0.3, -0.25) is 14.4 Å². The van der Waals surface area contributed by atoms with Crippen molar-refractivity contribution in [1.82, 2.24) is 0 Å². The Kier molecular flexibility index (Phi) is 11.9. The number of rotatable bonds is 13. The van der Waals surface area contributed by atoms with Crippen LogP contribution in [0.2, 0.25) is 0 Å². The lowest BCUT2D eigenvalue weighted by atomic mass is 9.82. The van der Waals surface area contributed by atoms with Gasteiger partial charge in [0.05, 0.1) is 38.6 Å². The van der Waals surface area contributed by atoms with Crippen LogP contribution in [0.1, 0.15) is 57.8 Å². The summed E-state index contributed by atoms with van der Waals surface area (Å²) in [5.74, 6) is 0.503. The molecule has 0 unspecified atom stereocenters. The summed E-state index contributed by atoms with van der Waals surface area (Å²) >= 11 is 5.47. The largest absolute Gasteiger partial charge is 0.494 e. The highest BCUT2D eigenvalue weighted by atomic mass is 35.5. The monoisotopic (exact) mass is 468 g/mol. The van der Waals surface area contributed by atoms with E-state index in [2.05, 4.69) is 0 Å². The second kappa shape index (κ2) is 14.7. The average Bonchev–Trinajstić information content (AvgIpc) is 2.81. The normalized spacial score (nSPS) is 17.9. The molecule has 1 fully saturated rings. The van der Waals surface area contributed by atoms with Gasteiger partial charge in [0, 0.05) is 5.88 Å². The number of ether oxygens (including phenoxy) is 4. The van der Waals surface area contributed by atoms with Gasteiger partial charge in [0.15, 0.2) is 0 Å². The second-order valence-corrected chi connectivity index (χ2v) is 8.26. The van der Waals surface area contributed by atoms with Crippen LogP contribution in [0.3, 0.4) is 0 Å². The van der Waals surface area contributed by atoms with Gasteiger partial charge in [-0.05, 0) is 75.6 Å². The topological polar surface area (TPSA) is 88.1 Å². The zero-order valence-corrected chi connectivity index (χ0v) is 19.4. The summed E-state index contributed by atoms with van der Waals surface area (Å²) in [7, 11) is 1.39. The van der Waals surface area contributed by atoms with Crippen LogP contribution in [-0.2, 0) is 23.9 Å². The van der Waals surface area contributed by atoms with E-state index in [1.54, 1.807) is 24.3 Å². The van der Waals surface area contributed by atoms with E-state index in [1.807, 2.05) is 0 Å². The molecule has 1 aromatic carbocycles. The highest BCUT2D eigenvalue weighted by Crippen LogP contribution is 2.31. The Bertz CT molecular complexity index is 712. The maximum atomic E-state index is 12.4. The lowest BCUT2D eigenvalue weighted by Crippen LogP contribution is -2.29. The number of benzene rings is 1. The van der Waals surface area contributed by atoms with Crippen LogP contribution < -0.4 is 9.47 Å². The third-order valence-corrected chi connectivity index (χ3v) is 5.70. The molecular formula is C24H33ClO7. The Morgan fingerprint density at radius 2 is 1.41 bits per heavy atom. The summed E-state index contributed by atoms with van der Waals surface area (Å²) in [6.07, 6.45) is 6.52. The number of carbonyl (C=O) groups is 3. The van der Waals surface area contributed by atoms with Gasteiger partial charge in [0.1, 0.15) is 11.5 Å². The molecule has 1 aliphatic rings. The molecule has 0 atom stereocenters. The van der Waals surface area contributed by atoms with Crippen molar-refractivity contribution in [1.29, 1.82) is 0 Å². The molecule has 1 aromatic rings. The fourth-order valence-corrected chi connectivity index (χ4v) is 3.77. The Morgan fingerprint density at radius 3 is 2.00 bits per heavy atom. The van der Waals surface area contributed by atoms with E-state index in [1.165, 1.54) is 7.11 Å². The standard InChI is InChI=1S/C24H33ClO7/c1-29-23(27)18-6-8-19(9-7-18)24(28)32-21-12-10-20(11-13-21)30-16-4-2-3-5-17-31-22(26)14-15-25/h10-13,18-19H,2-9,14-17H2,1H3/t18-,19-. The average molecular weight is 469 g/mol. The first kappa shape index (κ1) is 26.0. The molecule has 1 aliphatic carbocycles. The zero-order chi connectivity index (χ0) is 23.2. The number of hydrogen-bond acceptors (Lipinski definition) is 7. The smallest absolute Gasteiger partial charge is 0.314 e. The van der Waals surface area contributed by atoms with Crippen molar-refractivity contribution in [3.63, 3.8) is 0 Å². The van der Waals surface area contributed by atoms with Gasteiger partial charge in [0.25, 0.3) is 0 Å². The number of halogens is 1. The molecule has 0 spiro atoms. The van der Waals surface area contributed by atoms with Gasteiger partial charge >= 0.3 is 17.9 Å². The van der Waals surface area contributed by atoms with Gasteiger partial charge in [-0.15, -0.1) is 11.6 Å². The Morgan fingerprint density at radius 1 is 0.844 bits per heavy atom. The summed E-state index contributed by atoms with van der Waals surface area (Å²) in [5.41, 5.74) is 0. The fraction of sp³-hybridized carbons (Fsp3) is 0.625. The van der Waals surface area contributed by atoms with Crippen molar-refractivity contribution in [2.45, 2.75) is 57.8 Å². The molecule has 0 heterocycles. The molecule has 7 nitrogen and oxygen atoms in total. The van der Waals surface area contributed by atoms with E-state index in [9.17, 15) is 14.4 Å². The first-order valence-corrected chi connectivity index (χ1v) is 11.8. The Balaban J connectivity index is 1.58. The van der Waals surface area contributed by atoms with E-state index >= 15 is 0 Å². The van der Waals surface area contributed by atoms with Crippen LogP contribution in [0.4, 0.5) is 0 Å². The third kappa shape index (κ3) is 9.47. The second-order valence-electron chi connectivity index (χ2n) is 7.89. The molecule has 8 heteroatoms. The van der Waals surface area contributed by atoms with Gasteiger partial charge in [-0.25, -0.2) is 0 Å². The van der Waals surface area contributed by atoms with E-state index in [0.717, 1.165) is 31.4 Å². The molecule has 0 aliphatic heterocycles. The predicted molar refractivity (Wildman–Crippen MR) is 120 cm³/mol. The summed E-state index contributed by atoms with van der Waals surface area (Å²) in [4.78, 5) is 35.1. The number of hydrogen-bond donors (Lipinski definition) is 0. The SMILES string of the molecule is COC(=O)[C@H]1CC[C@H](C(=O)Oc2ccc(OCCCCCCOC(=O)CCCl)cc2)CC1. The van der Waals surface area contributed by atoms with E-state index < -0.39 is 0 Å². The zero-order valence-electron chi connectivity index (χ0n) is 18.7. The Labute approximate surface area is 194 Å². The fourth-order valence-electron chi connectivity index (χ4n) is 3.62. The minimum absolute atomic E-state index is 0.112. The summed E-state index contributed by atoms with van der Waals surface area (Å²) in [6.45, 7) is 1.03. The van der Waals surface area contributed by atoms with E-state index in [-0.39, 0.29) is 36.2 Å². The van der Waals surface area contributed by atoms with Gasteiger partial charge < -0.3 is 18.9 Å². The van der Waals surface area contributed by atoms with Crippen molar-refractivity contribution in [3.05, 3.63) is 24.3 Å². The number of esters is 3. The van der Waals surface area contributed by atoms with Crippen molar-refractivity contribution in [2.24, 2.45) is 11.8 Å². The van der Waals surface area contributed by atoms with Crippen LogP contribution in [-0.4, -0.2) is 44.1 Å². The molecule has 0 bridgehead atoms. The number of unbranched alkanes of at least 4 members (excludes halogenated alkanes) is 3. The molecule has 178 valence electrons. The molecule has 0 amide bonds. The lowest BCUT2D eigenvalue weighted by molar-refractivity contribution is -0.149. The summed E-state index contributed by atoms with van der Waals surface area (Å²) in [5, 5.41) is 0. The van der Waals surface area contributed by atoms with Crippen LogP contribution in [0.5, 0.6) is 11.5 Å². The molecule has 0 radical (unpaired) electrons. The molecular weight excluding hydrogens is 436 g/mol. The van der Waals surface area contributed by atoms with Crippen molar-refractivity contribution in [2.75, 3.05) is 26.2 Å². The highest BCUT2D eigenvalue weighted by Gasteiger charge is 2.31. The number of alkyl halides is 1. The van der Waals surface area contributed by atoms with Crippen LogP contribution in [0, 0.1) is 11.8 Å². The van der Waals surface area contributed by atoms with Crippen molar-refractivity contribution in [3.8, 4) is 11.5 Å². The maximum absolute atomic E-state index is 12.4. The maximum Gasteiger partial charge on any atom is 0.314 e.